The number of carboxylic acid groups (broad SMARTS) is 1. The summed E-state index contributed by atoms with van der Waals surface area (Å²) in [6.07, 6.45) is 1.35. The lowest BCUT2D eigenvalue weighted by atomic mass is 10.2. The molecule has 0 bridgehead atoms. The lowest BCUT2D eigenvalue weighted by Crippen LogP contribution is -2.04. The van der Waals surface area contributed by atoms with Gasteiger partial charge in [-0.05, 0) is 52.9 Å². The van der Waals surface area contributed by atoms with Crippen LogP contribution in [-0.2, 0) is 6.54 Å². The molecule has 0 saturated carbocycles. The molecular formula is C13H10ClIN2O2. The smallest absolute Gasteiger partial charge is 0.337 e. The van der Waals surface area contributed by atoms with Crippen molar-refractivity contribution in [1.29, 1.82) is 0 Å². The highest BCUT2D eigenvalue weighted by Crippen LogP contribution is 2.22. The van der Waals surface area contributed by atoms with Crippen molar-refractivity contribution in [3.05, 3.63) is 56.4 Å². The molecule has 0 fully saturated rings. The number of nitrogens with zero attached hydrogens (tertiary/aromatic N) is 1. The number of pyridine rings is 1. The summed E-state index contributed by atoms with van der Waals surface area (Å²) in [7, 11) is 0. The number of hydrogen-bond donors (Lipinski definition) is 2. The van der Waals surface area contributed by atoms with Gasteiger partial charge in [-0.3, -0.25) is 4.98 Å². The molecule has 1 aromatic heterocycles. The van der Waals surface area contributed by atoms with E-state index in [0.717, 1.165) is 15.0 Å². The van der Waals surface area contributed by atoms with Crippen LogP contribution in [0.3, 0.4) is 0 Å². The second-order valence-corrected chi connectivity index (χ2v) is 5.42. The first kappa shape index (κ1) is 14.1. The van der Waals surface area contributed by atoms with Crippen molar-refractivity contribution in [2.24, 2.45) is 0 Å². The molecule has 0 amide bonds. The van der Waals surface area contributed by atoms with Gasteiger partial charge in [0.2, 0.25) is 0 Å². The van der Waals surface area contributed by atoms with Gasteiger partial charge in [-0.15, -0.1) is 0 Å². The highest BCUT2D eigenvalue weighted by atomic mass is 127. The summed E-state index contributed by atoms with van der Waals surface area (Å²) in [5, 5.41) is 12.7. The zero-order valence-corrected chi connectivity index (χ0v) is 12.6. The van der Waals surface area contributed by atoms with E-state index in [-0.39, 0.29) is 5.56 Å². The normalized spacial score (nSPS) is 10.2. The Balaban J connectivity index is 2.04. The molecule has 2 aromatic rings. The summed E-state index contributed by atoms with van der Waals surface area (Å²) in [6.45, 7) is 0.525. The van der Waals surface area contributed by atoms with E-state index in [2.05, 4.69) is 32.9 Å². The van der Waals surface area contributed by atoms with Crippen LogP contribution in [0.4, 0.5) is 5.69 Å². The molecule has 0 aliphatic rings. The number of carbonyl (C=O) groups is 1. The van der Waals surface area contributed by atoms with Crippen LogP contribution in [0.15, 0.2) is 36.5 Å². The van der Waals surface area contributed by atoms with Crippen LogP contribution in [0.1, 0.15) is 16.1 Å². The maximum atomic E-state index is 10.7. The van der Waals surface area contributed by atoms with E-state index < -0.39 is 5.97 Å². The second-order valence-electron chi connectivity index (χ2n) is 3.82. The second kappa shape index (κ2) is 6.21. The van der Waals surface area contributed by atoms with Gasteiger partial charge in [0.25, 0.3) is 0 Å². The zero-order chi connectivity index (χ0) is 13.8. The Morgan fingerprint density at radius 3 is 2.74 bits per heavy atom. The molecule has 0 unspecified atom stereocenters. The first-order chi connectivity index (χ1) is 9.06. The van der Waals surface area contributed by atoms with Crippen molar-refractivity contribution in [2.75, 3.05) is 5.32 Å². The van der Waals surface area contributed by atoms with Gasteiger partial charge in [0.15, 0.2) is 0 Å². The number of rotatable bonds is 4. The third-order valence-electron chi connectivity index (χ3n) is 2.46. The third-order valence-corrected chi connectivity index (χ3v) is 3.59. The fourth-order valence-corrected chi connectivity index (χ4v) is 2.54. The molecule has 1 heterocycles. The molecule has 98 valence electrons. The van der Waals surface area contributed by atoms with Gasteiger partial charge >= 0.3 is 5.97 Å². The predicted molar refractivity (Wildman–Crippen MR) is 82.7 cm³/mol. The van der Waals surface area contributed by atoms with Crippen LogP contribution in [-0.4, -0.2) is 16.1 Å². The van der Waals surface area contributed by atoms with E-state index in [1.807, 2.05) is 18.2 Å². The number of anilines is 1. The largest absolute Gasteiger partial charge is 0.478 e. The van der Waals surface area contributed by atoms with Crippen molar-refractivity contribution >= 4 is 45.8 Å². The maximum absolute atomic E-state index is 10.7. The highest BCUT2D eigenvalue weighted by molar-refractivity contribution is 14.1. The Kier molecular flexibility index (Phi) is 4.60. The molecule has 4 nitrogen and oxygen atoms in total. The summed E-state index contributed by atoms with van der Waals surface area (Å²) in [5.41, 5.74) is 1.93. The fourth-order valence-electron chi connectivity index (χ4n) is 1.47. The maximum Gasteiger partial charge on any atom is 0.337 e. The summed E-state index contributed by atoms with van der Waals surface area (Å²) in [5.74, 6) is -0.973. The van der Waals surface area contributed by atoms with Gasteiger partial charge in [0.05, 0.1) is 17.8 Å². The number of carboxylic acids is 1. The van der Waals surface area contributed by atoms with Crippen LogP contribution in [0.5, 0.6) is 0 Å². The SMILES string of the molecule is O=C(O)c1ccc(CNc2ccc(Cl)cc2I)nc1. The molecule has 0 aliphatic heterocycles. The van der Waals surface area contributed by atoms with Crippen LogP contribution >= 0.6 is 34.2 Å². The molecular weight excluding hydrogens is 379 g/mol. The van der Waals surface area contributed by atoms with Gasteiger partial charge in [0, 0.05) is 20.5 Å². The molecule has 19 heavy (non-hydrogen) atoms. The Morgan fingerprint density at radius 1 is 1.37 bits per heavy atom. The molecule has 1 aromatic carbocycles. The molecule has 2 N–H and O–H groups in total. The number of hydrogen-bond acceptors (Lipinski definition) is 3. The average molecular weight is 389 g/mol. The van der Waals surface area contributed by atoms with Crippen molar-refractivity contribution in [2.45, 2.75) is 6.54 Å². The lowest BCUT2D eigenvalue weighted by molar-refractivity contribution is 0.0696. The Hall–Kier alpha value is -1.34. The standard InChI is InChI=1S/C13H10ClIN2O2/c14-9-2-4-12(11(15)5-9)17-7-10-3-1-8(6-16-10)13(18)19/h1-6,17H,7H2,(H,18,19). The summed E-state index contributed by atoms with van der Waals surface area (Å²) >= 11 is 8.08. The van der Waals surface area contributed by atoms with Gasteiger partial charge in [0.1, 0.15) is 0 Å². The Bertz CT molecular complexity index is 602. The summed E-state index contributed by atoms with van der Waals surface area (Å²) < 4.78 is 1.02. The minimum Gasteiger partial charge on any atom is -0.478 e. The minimum atomic E-state index is -0.973. The van der Waals surface area contributed by atoms with E-state index in [1.54, 1.807) is 12.1 Å². The van der Waals surface area contributed by atoms with Gasteiger partial charge in [-0.1, -0.05) is 11.6 Å². The molecule has 0 saturated heterocycles. The molecule has 0 aliphatic carbocycles. The topological polar surface area (TPSA) is 62.2 Å². The first-order valence-corrected chi connectivity index (χ1v) is 6.89. The van der Waals surface area contributed by atoms with Crippen molar-refractivity contribution in [1.82, 2.24) is 4.98 Å². The first-order valence-electron chi connectivity index (χ1n) is 5.43. The zero-order valence-electron chi connectivity index (χ0n) is 9.73. The van der Waals surface area contributed by atoms with Gasteiger partial charge in [-0.25, -0.2) is 4.79 Å². The van der Waals surface area contributed by atoms with E-state index in [1.165, 1.54) is 6.20 Å². The van der Waals surface area contributed by atoms with Crippen molar-refractivity contribution in [3.63, 3.8) is 0 Å². The molecule has 0 atom stereocenters. The van der Waals surface area contributed by atoms with E-state index in [4.69, 9.17) is 16.7 Å². The minimum absolute atomic E-state index is 0.185. The van der Waals surface area contributed by atoms with Crippen LogP contribution in [0, 0.1) is 3.57 Å². The number of benzene rings is 1. The Morgan fingerprint density at radius 2 is 2.16 bits per heavy atom. The average Bonchev–Trinajstić information content (AvgIpc) is 2.38. The molecule has 0 radical (unpaired) electrons. The number of nitrogens with one attached hydrogen (secondary N) is 1. The summed E-state index contributed by atoms with van der Waals surface area (Å²) in [6, 6.07) is 8.81. The number of halogens is 2. The van der Waals surface area contributed by atoms with Gasteiger partial charge < -0.3 is 10.4 Å². The predicted octanol–water partition coefficient (Wildman–Crippen LogP) is 3.65. The van der Waals surface area contributed by atoms with Crippen molar-refractivity contribution in [3.8, 4) is 0 Å². The quantitative estimate of drug-likeness (QED) is 0.785. The lowest BCUT2D eigenvalue weighted by Gasteiger charge is -2.08. The molecule has 2 rings (SSSR count). The molecule has 6 heteroatoms. The monoisotopic (exact) mass is 388 g/mol. The number of aromatic carboxylic acids is 1. The van der Waals surface area contributed by atoms with E-state index in [9.17, 15) is 4.79 Å². The van der Waals surface area contributed by atoms with Gasteiger partial charge in [-0.2, -0.15) is 0 Å². The third kappa shape index (κ3) is 3.81. The van der Waals surface area contributed by atoms with Crippen molar-refractivity contribution < 1.29 is 9.90 Å². The Labute approximate surface area is 129 Å². The number of aromatic nitrogens is 1. The summed E-state index contributed by atoms with van der Waals surface area (Å²) in [4.78, 5) is 14.8. The van der Waals surface area contributed by atoms with Crippen LogP contribution in [0.2, 0.25) is 5.02 Å². The fraction of sp³-hybridized carbons (Fsp3) is 0.0769. The van der Waals surface area contributed by atoms with E-state index in [0.29, 0.717) is 11.6 Å². The molecule has 0 spiro atoms. The van der Waals surface area contributed by atoms with E-state index >= 15 is 0 Å². The highest BCUT2D eigenvalue weighted by Gasteiger charge is 2.04. The van der Waals surface area contributed by atoms with Crippen LogP contribution < -0.4 is 5.32 Å². The van der Waals surface area contributed by atoms with Crippen LogP contribution in [0.25, 0.3) is 0 Å².